The Morgan fingerprint density at radius 3 is 2.60 bits per heavy atom. The summed E-state index contributed by atoms with van der Waals surface area (Å²) in [5, 5.41) is 4.13. The van der Waals surface area contributed by atoms with Crippen LogP contribution in [0.4, 0.5) is 9.18 Å². The molecule has 56 valence electrons. The quantitative estimate of drug-likeness (QED) is 0.423. The van der Waals surface area contributed by atoms with E-state index in [0.29, 0.717) is 6.20 Å². The monoisotopic (exact) mass is 146 g/mol. The van der Waals surface area contributed by atoms with Gasteiger partial charge in [-0.05, 0) is 0 Å². The zero-order valence-electron chi connectivity index (χ0n) is 5.35. The third kappa shape index (κ3) is 3.59. The summed E-state index contributed by atoms with van der Waals surface area (Å²) in [5.41, 5.74) is 0. The lowest BCUT2D eigenvalue weighted by atomic mass is 10.6. The maximum absolute atomic E-state index is 11.9. The van der Waals surface area contributed by atoms with E-state index in [0.717, 1.165) is 0 Å². The van der Waals surface area contributed by atoms with Crippen molar-refractivity contribution in [3.05, 3.63) is 12.0 Å². The maximum atomic E-state index is 11.9. The van der Waals surface area contributed by atoms with Gasteiger partial charge in [0.25, 0.3) is 0 Å². The van der Waals surface area contributed by atoms with Crippen LogP contribution in [-0.2, 0) is 4.79 Å². The number of allylic oxidation sites excluding steroid dienone is 1. The summed E-state index contributed by atoms with van der Waals surface area (Å²) in [4.78, 5) is 19.9. The van der Waals surface area contributed by atoms with Crippen LogP contribution < -0.4 is 10.6 Å². The Morgan fingerprint density at radius 1 is 1.60 bits per heavy atom. The van der Waals surface area contributed by atoms with Gasteiger partial charge in [0.05, 0.1) is 0 Å². The summed E-state index contributed by atoms with van der Waals surface area (Å²) < 4.78 is 11.9. The van der Waals surface area contributed by atoms with Gasteiger partial charge in [0, 0.05) is 13.2 Å². The van der Waals surface area contributed by atoms with Gasteiger partial charge in [-0.2, -0.15) is 0 Å². The van der Waals surface area contributed by atoms with E-state index in [2.05, 4.69) is 5.32 Å². The van der Waals surface area contributed by atoms with E-state index in [4.69, 9.17) is 0 Å². The number of carbonyl (C=O) groups excluding carboxylic acids is 2. The van der Waals surface area contributed by atoms with Crippen molar-refractivity contribution in [3.63, 3.8) is 0 Å². The molecule has 0 spiro atoms. The minimum absolute atomic E-state index is 0.00403. The van der Waals surface area contributed by atoms with Crippen molar-refractivity contribution in [3.8, 4) is 0 Å². The molecule has 0 aliphatic carbocycles. The Hall–Kier alpha value is -1.39. The first-order valence-electron chi connectivity index (χ1n) is 2.49. The normalized spacial score (nSPS) is 10.4. The number of amides is 2. The van der Waals surface area contributed by atoms with Crippen LogP contribution in [-0.4, -0.2) is 19.4 Å². The maximum Gasteiger partial charge on any atom is 0.318 e. The lowest BCUT2D eigenvalue weighted by molar-refractivity contribution is -0.106. The first kappa shape index (κ1) is 8.61. The van der Waals surface area contributed by atoms with Gasteiger partial charge in [0.15, 0.2) is 12.1 Å². The van der Waals surface area contributed by atoms with Gasteiger partial charge in [-0.1, -0.05) is 0 Å². The zero-order valence-corrected chi connectivity index (χ0v) is 5.35. The number of halogens is 1. The highest BCUT2D eigenvalue weighted by atomic mass is 19.1. The summed E-state index contributed by atoms with van der Waals surface area (Å²) in [5.74, 6) is -1.02. The van der Waals surface area contributed by atoms with Gasteiger partial charge in [0.1, 0.15) is 0 Å². The fourth-order valence-electron chi connectivity index (χ4n) is 0.241. The Bertz CT molecular complexity index is 167. The second-order valence-corrected chi connectivity index (χ2v) is 1.37. The van der Waals surface area contributed by atoms with Gasteiger partial charge in [-0.15, -0.1) is 0 Å². The van der Waals surface area contributed by atoms with Crippen LogP contribution in [0.2, 0.25) is 0 Å². The fraction of sp³-hybridized carbons (Fsp3) is 0.200. The molecular formula is C5H7FN2O2. The number of urea groups is 1. The molecular weight excluding hydrogens is 139 g/mol. The lowest BCUT2D eigenvalue weighted by Crippen LogP contribution is -2.28. The van der Waals surface area contributed by atoms with E-state index in [1.165, 1.54) is 7.05 Å². The van der Waals surface area contributed by atoms with Gasteiger partial charge in [-0.3, -0.25) is 4.79 Å². The summed E-state index contributed by atoms with van der Waals surface area (Å²) in [6.45, 7) is 0. The largest absolute Gasteiger partial charge is 0.341 e. The van der Waals surface area contributed by atoms with Crippen molar-refractivity contribution in [2.24, 2.45) is 0 Å². The molecule has 2 N–H and O–H groups in total. The Balaban J connectivity index is 3.71. The number of nitrogens with one attached hydrogen (secondary N) is 2. The molecule has 0 saturated heterocycles. The molecule has 4 nitrogen and oxygen atoms in total. The number of carbonyl (C=O) groups is 2. The highest BCUT2D eigenvalue weighted by molar-refractivity contribution is 5.76. The first-order chi connectivity index (χ1) is 4.70. The van der Waals surface area contributed by atoms with Crippen LogP contribution in [0.3, 0.4) is 0 Å². The van der Waals surface area contributed by atoms with Crippen LogP contribution in [0.1, 0.15) is 0 Å². The molecule has 0 aromatic carbocycles. The molecule has 0 heterocycles. The van der Waals surface area contributed by atoms with Crippen molar-refractivity contribution in [1.29, 1.82) is 0 Å². The molecule has 0 unspecified atom stereocenters. The van der Waals surface area contributed by atoms with E-state index in [1.54, 1.807) is 0 Å². The molecule has 0 aliphatic heterocycles. The summed E-state index contributed by atoms with van der Waals surface area (Å²) in [6, 6.07) is -0.572. The van der Waals surface area contributed by atoms with Gasteiger partial charge in [-0.25, -0.2) is 9.18 Å². The molecule has 0 fully saturated rings. The Kier molecular flexibility index (Phi) is 3.86. The topological polar surface area (TPSA) is 58.2 Å². The summed E-state index contributed by atoms with van der Waals surface area (Å²) in [6.07, 6.45) is 0.668. The first-order valence-corrected chi connectivity index (χ1v) is 2.49. The van der Waals surface area contributed by atoms with Gasteiger partial charge >= 0.3 is 6.03 Å². The van der Waals surface area contributed by atoms with E-state index in [-0.39, 0.29) is 6.29 Å². The summed E-state index contributed by atoms with van der Waals surface area (Å²) >= 11 is 0. The van der Waals surface area contributed by atoms with Crippen molar-refractivity contribution in [1.82, 2.24) is 10.6 Å². The second kappa shape index (κ2) is 4.49. The van der Waals surface area contributed by atoms with Crippen molar-refractivity contribution < 1.29 is 14.0 Å². The van der Waals surface area contributed by atoms with Crippen LogP contribution >= 0.6 is 0 Å². The fourth-order valence-corrected chi connectivity index (χ4v) is 0.241. The molecule has 0 bridgehead atoms. The highest BCUT2D eigenvalue weighted by Crippen LogP contribution is 1.84. The predicted octanol–water partition coefficient (Wildman–Crippen LogP) is -0.0748. The van der Waals surface area contributed by atoms with E-state index >= 15 is 0 Å². The van der Waals surface area contributed by atoms with Crippen molar-refractivity contribution >= 4 is 12.3 Å². The lowest BCUT2D eigenvalue weighted by Gasteiger charge is -1.94. The standard InChI is InChI=1S/C5H7FN2O2/c1-7-5(10)8-2-4(6)3-9/h2-3H,1H3,(H2,7,8,10)/b4-2+. The highest BCUT2D eigenvalue weighted by Gasteiger charge is 1.92. The second-order valence-electron chi connectivity index (χ2n) is 1.37. The van der Waals surface area contributed by atoms with E-state index in [1.807, 2.05) is 5.32 Å². The number of aldehydes is 1. The molecule has 5 heteroatoms. The average molecular weight is 146 g/mol. The molecule has 0 atom stereocenters. The minimum atomic E-state index is -1.02. The van der Waals surface area contributed by atoms with Gasteiger partial charge in [0.2, 0.25) is 0 Å². The van der Waals surface area contributed by atoms with Crippen LogP contribution in [0, 0.1) is 0 Å². The van der Waals surface area contributed by atoms with E-state index < -0.39 is 11.9 Å². The SMILES string of the molecule is CNC(=O)N/C=C(/F)C=O. The molecule has 0 radical (unpaired) electrons. The smallest absolute Gasteiger partial charge is 0.318 e. The van der Waals surface area contributed by atoms with Gasteiger partial charge < -0.3 is 10.6 Å². The Morgan fingerprint density at radius 2 is 2.20 bits per heavy atom. The number of hydrogen-bond acceptors (Lipinski definition) is 2. The number of rotatable bonds is 2. The average Bonchev–Trinajstić information content (AvgIpc) is 1.99. The number of hydrogen-bond donors (Lipinski definition) is 2. The molecule has 0 saturated carbocycles. The predicted molar refractivity (Wildman–Crippen MR) is 32.8 cm³/mol. The molecule has 0 aliphatic rings. The Labute approximate surface area is 57.1 Å². The summed E-state index contributed by atoms with van der Waals surface area (Å²) in [7, 11) is 1.38. The zero-order chi connectivity index (χ0) is 7.98. The molecule has 10 heavy (non-hydrogen) atoms. The third-order valence-electron chi connectivity index (χ3n) is 0.681. The van der Waals surface area contributed by atoms with Crippen LogP contribution in [0.15, 0.2) is 12.0 Å². The van der Waals surface area contributed by atoms with Crippen molar-refractivity contribution in [2.45, 2.75) is 0 Å². The molecule has 0 aromatic heterocycles. The van der Waals surface area contributed by atoms with Crippen molar-refractivity contribution in [2.75, 3.05) is 7.05 Å². The molecule has 0 aromatic rings. The minimum Gasteiger partial charge on any atom is -0.341 e. The molecule has 0 rings (SSSR count). The van der Waals surface area contributed by atoms with Crippen LogP contribution in [0.5, 0.6) is 0 Å². The van der Waals surface area contributed by atoms with Crippen LogP contribution in [0.25, 0.3) is 0 Å². The molecule has 2 amide bonds. The van der Waals surface area contributed by atoms with E-state index in [9.17, 15) is 14.0 Å². The third-order valence-corrected chi connectivity index (χ3v) is 0.681.